The van der Waals surface area contributed by atoms with Crippen molar-refractivity contribution in [2.24, 2.45) is 0 Å². The number of carbonyl (C=O) groups is 1. The Hall–Kier alpha value is -1.43. The Kier molecular flexibility index (Phi) is 1.81. The van der Waals surface area contributed by atoms with Gasteiger partial charge in [-0.05, 0) is 12.1 Å². The molecule has 4 nitrogen and oxygen atoms in total. The largest absolute Gasteiger partial charge is 0.324 e. The van der Waals surface area contributed by atoms with Crippen molar-refractivity contribution in [3.05, 3.63) is 24.0 Å². The molecule has 0 saturated carbocycles. The Morgan fingerprint density at radius 2 is 2.07 bits per heavy atom. The van der Waals surface area contributed by atoms with Gasteiger partial charge in [-0.3, -0.25) is 4.79 Å². The molecule has 1 aromatic rings. The van der Waals surface area contributed by atoms with Gasteiger partial charge in [0.05, 0.1) is 5.69 Å². The lowest BCUT2D eigenvalue weighted by molar-refractivity contribution is -0.114. The summed E-state index contributed by atoms with van der Waals surface area (Å²) in [7, 11) is -3.81. The van der Waals surface area contributed by atoms with Crippen LogP contribution in [0.3, 0.4) is 0 Å². The van der Waals surface area contributed by atoms with Gasteiger partial charge in [-0.15, -0.1) is 0 Å². The van der Waals surface area contributed by atoms with Crippen LogP contribution in [0.15, 0.2) is 23.1 Å². The number of nitrogens with one attached hydrogen (secondary N) is 1. The molecule has 0 aromatic heterocycles. The van der Waals surface area contributed by atoms with Crippen molar-refractivity contribution in [1.29, 1.82) is 0 Å². The average Bonchev–Trinajstić information content (AvgIpc) is 2.00. The molecule has 0 saturated heterocycles. The molecule has 2 rings (SSSR count). The van der Waals surface area contributed by atoms with E-state index in [1.165, 1.54) is 12.1 Å². The molecule has 6 heteroatoms. The zero-order valence-corrected chi connectivity index (χ0v) is 7.77. The van der Waals surface area contributed by atoms with Crippen molar-refractivity contribution < 1.29 is 17.6 Å². The van der Waals surface area contributed by atoms with Crippen molar-refractivity contribution in [2.45, 2.75) is 4.90 Å². The van der Waals surface area contributed by atoms with E-state index in [1.54, 1.807) is 0 Å². The third kappa shape index (κ3) is 1.27. The lowest BCUT2D eigenvalue weighted by Crippen LogP contribution is -2.30. The Morgan fingerprint density at radius 3 is 2.79 bits per heavy atom. The van der Waals surface area contributed by atoms with E-state index in [-0.39, 0.29) is 5.69 Å². The SMILES string of the molecule is O=C1CS(=O)(=O)c2c(F)cccc2N1. The molecule has 0 spiro atoms. The Labute approximate surface area is 79.7 Å². The molecule has 1 heterocycles. The molecule has 1 aliphatic rings. The van der Waals surface area contributed by atoms with Crippen LogP contribution in [0.25, 0.3) is 0 Å². The minimum Gasteiger partial charge on any atom is -0.324 e. The van der Waals surface area contributed by atoms with Crippen LogP contribution in [0, 0.1) is 5.82 Å². The molecule has 0 aliphatic carbocycles. The first-order valence-electron chi connectivity index (χ1n) is 3.82. The normalized spacial score (nSPS) is 18.5. The molecule has 14 heavy (non-hydrogen) atoms. The van der Waals surface area contributed by atoms with Gasteiger partial charge in [-0.1, -0.05) is 6.07 Å². The zero-order valence-electron chi connectivity index (χ0n) is 6.95. The zero-order chi connectivity index (χ0) is 10.3. The lowest BCUT2D eigenvalue weighted by Gasteiger charge is -2.16. The van der Waals surface area contributed by atoms with Crippen LogP contribution in [-0.4, -0.2) is 20.1 Å². The summed E-state index contributed by atoms with van der Waals surface area (Å²) in [6, 6.07) is 3.75. The van der Waals surface area contributed by atoms with Crippen molar-refractivity contribution in [3.63, 3.8) is 0 Å². The molecule has 0 unspecified atom stereocenters. The maximum atomic E-state index is 13.2. The second-order valence-corrected chi connectivity index (χ2v) is 4.85. The van der Waals surface area contributed by atoms with E-state index >= 15 is 0 Å². The van der Waals surface area contributed by atoms with Gasteiger partial charge in [-0.2, -0.15) is 0 Å². The summed E-state index contributed by atoms with van der Waals surface area (Å²) in [4.78, 5) is 10.5. The van der Waals surface area contributed by atoms with Crippen LogP contribution < -0.4 is 5.32 Å². The Balaban J connectivity index is 2.77. The number of hydrogen-bond donors (Lipinski definition) is 1. The monoisotopic (exact) mass is 215 g/mol. The number of sulfone groups is 1. The molecular weight excluding hydrogens is 209 g/mol. The number of benzene rings is 1. The molecular formula is C8H6FNO3S. The summed E-state index contributed by atoms with van der Waals surface area (Å²) in [6.45, 7) is 0. The van der Waals surface area contributed by atoms with Gasteiger partial charge < -0.3 is 5.32 Å². The van der Waals surface area contributed by atoms with Crippen LogP contribution in [0.2, 0.25) is 0 Å². The fourth-order valence-corrected chi connectivity index (χ4v) is 2.74. The first-order chi connectivity index (χ1) is 6.50. The molecule has 74 valence electrons. The number of anilines is 1. The highest BCUT2D eigenvalue weighted by atomic mass is 32.2. The average molecular weight is 215 g/mol. The summed E-state index contributed by atoms with van der Waals surface area (Å²) < 4.78 is 36.0. The molecule has 1 amide bonds. The minimum atomic E-state index is -3.81. The number of rotatable bonds is 0. The number of hydrogen-bond acceptors (Lipinski definition) is 3. The van der Waals surface area contributed by atoms with Gasteiger partial charge in [0, 0.05) is 0 Å². The van der Waals surface area contributed by atoms with Gasteiger partial charge in [0.1, 0.15) is 16.5 Å². The molecule has 0 radical (unpaired) electrons. The Morgan fingerprint density at radius 1 is 1.36 bits per heavy atom. The van der Waals surface area contributed by atoms with Crippen LogP contribution in [-0.2, 0) is 14.6 Å². The third-order valence-corrected chi connectivity index (χ3v) is 3.55. The predicted molar refractivity (Wildman–Crippen MR) is 47.1 cm³/mol. The van der Waals surface area contributed by atoms with E-state index in [0.717, 1.165) is 6.07 Å². The first-order valence-corrected chi connectivity index (χ1v) is 5.47. The molecule has 0 bridgehead atoms. The van der Waals surface area contributed by atoms with Crippen molar-refractivity contribution in [3.8, 4) is 0 Å². The molecule has 1 aliphatic heterocycles. The second-order valence-electron chi connectivity index (χ2n) is 2.92. The standard InChI is InChI=1S/C8H6FNO3S/c9-5-2-1-3-6-8(5)14(12,13)4-7(11)10-6/h1-3H,4H2,(H,10,11). The summed E-state index contributed by atoms with van der Waals surface area (Å²) in [5, 5.41) is 2.30. The van der Waals surface area contributed by atoms with Gasteiger partial charge in [0.15, 0.2) is 9.84 Å². The number of halogens is 1. The van der Waals surface area contributed by atoms with Gasteiger partial charge in [0.2, 0.25) is 5.91 Å². The van der Waals surface area contributed by atoms with Crippen molar-refractivity contribution in [2.75, 3.05) is 11.1 Å². The van der Waals surface area contributed by atoms with E-state index in [9.17, 15) is 17.6 Å². The highest BCUT2D eigenvalue weighted by Gasteiger charge is 2.31. The maximum Gasteiger partial charge on any atom is 0.239 e. The summed E-state index contributed by atoms with van der Waals surface area (Å²) in [6.07, 6.45) is 0. The fraction of sp³-hybridized carbons (Fsp3) is 0.125. The smallest absolute Gasteiger partial charge is 0.239 e. The summed E-state index contributed by atoms with van der Waals surface area (Å²) >= 11 is 0. The van der Waals surface area contributed by atoms with Crippen LogP contribution in [0.1, 0.15) is 0 Å². The molecule has 1 N–H and O–H groups in total. The second kappa shape index (κ2) is 2.78. The van der Waals surface area contributed by atoms with Gasteiger partial charge in [0.25, 0.3) is 0 Å². The van der Waals surface area contributed by atoms with Crippen LogP contribution in [0.4, 0.5) is 10.1 Å². The lowest BCUT2D eigenvalue weighted by atomic mass is 10.3. The number of fused-ring (bicyclic) bond motifs is 1. The minimum absolute atomic E-state index is 0.0150. The third-order valence-electron chi connectivity index (χ3n) is 1.87. The summed E-state index contributed by atoms with van der Waals surface area (Å²) in [5.74, 6) is -2.16. The molecule has 0 fully saturated rings. The van der Waals surface area contributed by atoms with Gasteiger partial charge in [-0.25, -0.2) is 12.8 Å². The topological polar surface area (TPSA) is 63.2 Å². The number of amides is 1. The highest BCUT2D eigenvalue weighted by molar-refractivity contribution is 7.92. The predicted octanol–water partition coefficient (Wildman–Crippen LogP) is 0.552. The van der Waals surface area contributed by atoms with Crippen molar-refractivity contribution in [1.82, 2.24) is 0 Å². The highest BCUT2D eigenvalue weighted by Crippen LogP contribution is 2.28. The molecule has 0 atom stereocenters. The van der Waals surface area contributed by atoms with E-state index in [0.29, 0.717) is 0 Å². The van der Waals surface area contributed by atoms with Crippen LogP contribution >= 0.6 is 0 Å². The van der Waals surface area contributed by atoms with Crippen LogP contribution in [0.5, 0.6) is 0 Å². The van der Waals surface area contributed by atoms with Crippen molar-refractivity contribution >= 4 is 21.4 Å². The van der Waals surface area contributed by atoms with E-state index in [1.807, 2.05) is 0 Å². The number of carbonyl (C=O) groups excluding carboxylic acids is 1. The summed E-state index contributed by atoms with van der Waals surface area (Å²) in [5.41, 5.74) is 0.0150. The maximum absolute atomic E-state index is 13.2. The molecule has 1 aromatic carbocycles. The van der Waals surface area contributed by atoms with E-state index < -0.39 is 32.2 Å². The fourth-order valence-electron chi connectivity index (χ4n) is 1.35. The van der Waals surface area contributed by atoms with E-state index in [4.69, 9.17) is 0 Å². The van der Waals surface area contributed by atoms with E-state index in [2.05, 4.69) is 5.32 Å². The first kappa shape index (κ1) is 9.14. The Bertz CT molecular complexity index is 509. The quantitative estimate of drug-likeness (QED) is 0.687. The van der Waals surface area contributed by atoms with Gasteiger partial charge >= 0.3 is 0 Å².